The highest BCUT2D eigenvalue weighted by Crippen LogP contribution is 2.30. The van der Waals surface area contributed by atoms with Crippen LogP contribution in [0.15, 0.2) is 24.3 Å². The van der Waals surface area contributed by atoms with E-state index in [4.69, 9.17) is 11.6 Å². The topological polar surface area (TPSA) is 29.1 Å². The highest BCUT2D eigenvalue weighted by Gasteiger charge is 2.30. The van der Waals surface area contributed by atoms with Crippen molar-refractivity contribution in [2.24, 2.45) is 5.92 Å². The zero-order chi connectivity index (χ0) is 10.8. The fraction of sp³-hybridized carbons (Fsp3) is 0.417. The summed E-state index contributed by atoms with van der Waals surface area (Å²) in [5, 5.41) is 3.68. The van der Waals surface area contributed by atoms with Gasteiger partial charge in [-0.1, -0.05) is 29.8 Å². The first-order valence-corrected chi connectivity index (χ1v) is 5.61. The van der Waals surface area contributed by atoms with Crippen molar-refractivity contribution in [3.63, 3.8) is 0 Å². The minimum Gasteiger partial charge on any atom is -0.349 e. The van der Waals surface area contributed by atoms with E-state index in [2.05, 4.69) is 5.32 Å². The molecule has 1 aromatic carbocycles. The van der Waals surface area contributed by atoms with E-state index in [1.807, 2.05) is 31.2 Å². The van der Waals surface area contributed by atoms with E-state index in [-0.39, 0.29) is 17.9 Å². The van der Waals surface area contributed by atoms with Crippen molar-refractivity contribution >= 4 is 17.5 Å². The van der Waals surface area contributed by atoms with E-state index in [9.17, 15) is 4.79 Å². The molecule has 1 fully saturated rings. The van der Waals surface area contributed by atoms with Gasteiger partial charge in [0.25, 0.3) is 0 Å². The van der Waals surface area contributed by atoms with Gasteiger partial charge in [0.05, 0.1) is 6.04 Å². The lowest BCUT2D eigenvalue weighted by molar-refractivity contribution is -0.122. The number of benzene rings is 1. The van der Waals surface area contributed by atoms with Gasteiger partial charge in [-0.25, -0.2) is 0 Å². The molecule has 0 bridgehead atoms. The molecule has 1 amide bonds. The fourth-order valence-electron chi connectivity index (χ4n) is 1.58. The van der Waals surface area contributed by atoms with E-state index in [1.165, 1.54) is 0 Å². The van der Waals surface area contributed by atoms with E-state index in [0.717, 1.165) is 18.4 Å². The summed E-state index contributed by atoms with van der Waals surface area (Å²) in [5.74, 6) is 0.400. The molecule has 1 aliphatic carbocycles. The minimum absolute atomic E-state index is 0.00759. The van der Waals surface area contributed by atoms with Crippen LogP contribution in [-0.2, 0) is 4.79 Å². The van der Waals surface area contributed by atoms with Gasteiger partial charge < -0.3 is 5.32 Å². The molecular formula is C12H14ClNO. The maximum atomic E-state index is 11.5. The molecule has 0 spiro atoms. The van der Waals surface area contributed by atoms with Gasteiger partial charge in [0.1, 0.15) is 0 Å². The number of carbonyl (C=O) groups excluding carboxylic acids is 1. The third-order valence-corrected chi connectivity index (χ3v) is 3.02. The molecule has 3 heteroatoms. The number of hydrogen-bond donors (Lipinski definition) is 1. The molecule has 15 heavy (non-hydrogen) atoms. The molecule has 1 saturated carbocycles. The van der Waals surface area contributed by atoms with Crippen molar-refractivity contribution in [1.29, 1.82) is 0 Å². The summed E-state index contributed by atoms with van der Waals surface area (Å²) in [7, 11) is 0. The van der Waals surface area contributed by atoms with Gasteiger partial charge in [0.2, 0.25) is 5.91 Å². The Bertz CT molecular complexity index is 374. The third kappa shape index (κ3) is 2.51. The summed E-state index contributed by atoms with van der Waals surface area (Å²) in [4.78, 5) is 11.5. The van der Waals surface area contributed by atoms with Gasteiger partial charge in [0, 0.05) is 10.9 Å². The molecular weight excluding hydrogens is 210 g/mol. The molecule has 80 valence electrons. The molecule has 0 radical (unpaired) electrons. The predicted molar refractivity (Wildman–Crippen MR) is 60.7 cm³/mol. The van der Waals surface area contributed by atoms with Crippen molar-refractivity contribution < 1.29 is 4.79 Å². The van der Waals surface area contributed by atoms with E-state index in [0.29, 0.717) is 5.02 Å². The largest absolute Gasteiger partial charge is 0.349 e. The average Bonchev–Trinajstić information content (AvgIpc) is 3.01. The molecule has 1 atom stereocenters. The van der Waals surface area contributed by atoms with Crippen LogP contribution in [0.2, 0.25) is 5.02 Å². The summed E-state index contributed by atoms with van der Waals surface area (Å²) < 4.78 is 0. The molecule has 2 rings (SSSR count). The second-order valence-electron chi connectivity index (χ2n) is 4.03. The Labute approximate surface area is 94.6 Å². The quantitative estimate of drug-likeness (QED) is 0.839. The fourth-order valence-corrected chi connectivity index (χ4v) is 1.88. The van der Waals surface area contributed by atoms with Crippen LogP contribution < -0.4 is 5.32 Å². The van der Waals surface area contributed by atoms with Crippen molar-refractivity contribution in [3.8, 4) is 0 Å². The highest BCUT2D eigenvalue weighted by molar-refractivity contribution is 6.31. The number of hydrogen-bond acceptors (Lipinski definition) is 1. The summed E-state index contributed by atoms with van der Waals surface area (Å²) in [6.07, 6.45) is 2.06. The van der Waals surface area contributed by atoms with Crippen molar-refractivity contribution in [1.82, 2.24) is 5.32 Å². The van der Waals surface area contributed by atoms with E-state index in [1.54, 1.807) is 0 Å². The smallest absolute Gasteiger partial charge is 0.223 e. The standard InChI is InChI=1S/C12H14ClNO/c1-8(14-12(15)9-6-7-9)10-4-2-3-5-11(10)13/h2-5,8-9H,6-7H2,1H3,(H,14,15)/t8-/m1/s1. The summed E-state index contributed by atoms with van der Waals surface area (Å²) in [6, 6.07) is 7.60. The van der Waals surface area contributed by atoms with Crippen molar-refractivity contribution in [2.75, 3.05) is 0 Å². The molecule has 0 aromatic heterocycles. The van der Waals surface area contributed by atoms with Gasteiger partial charge in [0.15, 0.2) is 0 Å². The highest BCUT2D eigenvalue weighted by atomic mass is 35.5. The first-order valence-electron chi connectivity index (χ1n) is 5.23. The van der Waals surface area contributed by atoms with Crippen LogP contribution in [0.3, 0.4) is 0 Å². The number of halogens is 1. The monoisotopic (exact) mass is 223 g/mol. The lowest BCUT2D eigenvalue weighted by atomic mass is 10.1. The van der Waals surface area contributed by atoms with Crippen molar-refractivity contribution in [2.45, 2.75) is 25.8 Å². The van der Waals surface area contributed by atoms with Crippen LogP contribution >= 0.6 is 11.6 Å². The Morgan fingerprint density at radius 2 is 2.13 bits per heavy atom. The van der Waals surface area contributed by atoms with Crippen LogP contribution in [-0.4, -0.2) is 5.91 Å². The predicted octanol–water partition coefficient (Wildman–Crippen LogP) is 2.93. The molecule has 2 nitrogen and oxygen atoms in total. The molecule has 1 N–H and O–H groups in total. The summed E-state index contributed by atoms with van der Waals surface area (Å²) in [6.45, 7) is 1.96. The Morgan fingerprint density at radius 3 is 2.73 bits per heavy atom. The van der Waals surface area contributed by atoms with Gasteiger partial charge in [-0.3, -0.25) is 4.79 Å². The van der Waals surface area contributed by atoms with Crippen LogP contribution in [0.4, 0.5) is 0 Å². The molecule has 1 aliphatic rings. The van der Waals surface area contributed by atoms with Crippen molar-refractivity contribution in [3.05, 3.63) is 34.9 Å². The lowest BCUT2D eigenvalue weighted by Gasteiger charge is -2.15. The minimum atomic E-state index is -0.00759. The number of amides is 1. The van der Waals surface area contributed by atoms with Gasteiger partial charge in [-0.2, -0.15) is 0 Å². The van der Waals surface area contributed by atoms with E-state index < -0.39 is 0 Å². The Morgan fingerprint density at radius 1 is 1.47 bits per heavy atom. The third-order valence-electron chi connectivity index (χ3n) is 2.68. The summed E-state index contributed by atoms with van der Waals surface area (Å²) >= 11 is 6.05. The average molecular weight is 224 g/mol. The van der Waals surface area contributed by atoms with Gasteiger partial charge >= 0.3 is 0 Å². The number of rotatable bonds is 3. The molecule has 0 aliphatic heterocycles. The molecule has 0 saturated heterocycles. The van der Waals surface area contributed by atoms with Crippen LogP contribution in [0, 0.1) is 5.92 Å². The Balaban J connectivity index is 2.03. The first kappa shape index (κ1) is 10.5. The first-order chi connectivity index (χ1) is 7.18. The number of nitrogens with one attached hydrogen (secondary N) is 1. The van der Waals surface area contributed by atoms with Gasteiger partial charge in [-0.05, 0) is 31.4 Å². The van der Waals surface area contributed by atoms with Crippen LogP contribution in [0.25, 0.3) is 0 Å². The molecule has 1 aromatic rings. The SMILES string of the molecule is C[C@@H](NC(=O)C1CC1)c1ccccc1Cl. The normalized spacial score (nSPS) is 17.2. The number of carbonyl (C=O) groups is 1. The molecule has 0 unspecified atom stereocenters. The van der Waals surface area contributed by atoms with Gasteiger partial charge in [-0.15, -0.1) is 0 Å². The second kappa shape index (κ2) is 4.23. The van der Waals surface area contributed by atoms with E-state index >= 15 is 0 Å². The maximum Gasteiger partial charge on any atom is 0.223 e. The van der Waals surface area contributed by atoms with Crippen LogP contribution in [0.1, 0.15) is 31.4 Å². The zero-order valence-corrected chi connectivity index (χ0v) is 9.42. The molecule has 0 heterocycles. The summed E-state index contributed by atoms with van der Waals surface area (Å²) in [5.41, 5.74) is 0.980. The second-order valence-corrected chi connectivity index (χ2v) is 4.43. The lowest BCUT2D eigenvalue weighted by Crippen LogP contribution is -2.27. The zero-order valence-electron chi connectivity index (χ0n) is 8.66. The van der Waals surface area contributed by atoms with Crippen LogP contribution in [0.5, 0.6) is 0 Å². The Kier molecular flexibility index (Phi) is 2.96. The Hall–Kier alpha value is -1.02. The maximum absolute atomic E-state index is 11.5.